The lowest BCUT2D eigenvalue weighted by molar-refractivity contribution is -0.149. The van der Waals surface area contributed by atoms with Gasteiger partial charge in [-0.15, -0.1) is 0 Å². The third-order valence-electron chi connectivity index (χ3n) is 6.70. The molecule has 2 saturated heterocycles. The lowest BCUT2D eigenvalue weighted by Gasteiger charge is -2.44. The quantitative estimate of drug-likeness (QED) is 0.877. The van der Waals surface area contributed by atoms with E-state index in [2.05, 4.69) is 20.1 Å². The van der Waals surface area contributed by atoms with Crippen LogP contribution in [0.1, 0.15) is 69.4 Å². The van der Waals surface area contributed by atoms with Crippen molar-refractivity contribution in [2.45, 2.75) is 77.2 Å². The molecule has 1 aliphatic carbocycles. The van der Waals surface area contributed by atoms with E-state index in [9.17, 15) is 9.59 Å². The molecule has 1 aromatic heterocycles. The molecule has 7 nitrogen and oxygen atoms in total. The van der Waals surface area contributed by atoms with Crippen LogP contribution < -0.4 is 0 Å². The molecular weight excluding hydrogens is 342 g/mol. The zero-order valence-electron chi connectivity index (χ0n) is 16.4. The van der Waals surface area contributed by atoms with Gasteiger partial charge in [-0.1, -0.05) is 19.3 Å². The standard InChI is InChI=1S/C20H31N5O2/c1-15-21-17(23-22-15)8-9-18(26)24-13-11-20(14-24)10-5-12-25(19(20)27)16-6-3-2-4-7-16/h16H,2-14H2,1H3,(H,21,22,23)/t20-/m1/s1. The summed E-state index contributed by atoms with van der Waals surface area (Å²) in [6.07, 6.45) is 9.87. The largest absolute Gasteiger partial charge is 0.342 e. The van der Waals surface area contributed by atoms with Crippen molar-refractivity contribution in [2.24, 2.45) is 5.41 Å². The fourth-order valence-corrected chi connectivity index (χ4v) is 5.18. The Morgan fingerprint density at radius 1 is 1.19 bits per heavy atom. The maximum Gasteiger partial charge on any atom is 0.230 e. The van der Waals surface area contributed by atoms with Crippen LogP contribution in [0.3, 0.4) is 0 Å². The zero-order chi connectivity index (χ0) is 18.9. The first kappa shape index (κ1) is 18.4. The molecule has 0 unspecified atom stereocenters. The second-order valence-electron chi connectivity index (χ2n) is 8.58. The van der Waals surface area contributed by atoms with Crippen LogP contribution in [0, 0.1) is 12.3 Å². The Morgan fingerprint density at radius 2 is 2.00 bits per heavy atom. The highest BCUT2D eigenvalue weighted by atomic mass is 16.2. The lowest BCUT2D eigenvalue weighted by Crippen LogP contribution is -2.54. The number of hydrogen-bond donors (Lipinski definition) is 1. The molecule has 0 radical (unpaired) electrons. The SMILES string of the molecule is Cc1nc(CCC(=O)N2CC[C@]3(CCCN(C4CCCCC4)C3=O)C2)n[nH]1. The third-order valence-corrected chi connectivity index (χ3v) is 6.70. The van der Waals surface area contributed by atoms with Crippen molar-refractivity contribution in [1.82, 2.24) is 25.0 Å². The molecule has 27 heavy (non-hydrogen) atoms. The van der Waals surface area contributed by atoms with Gasteiger partial charge in [0.2, 0.25) is 11.8 Å². The molecule has 0 aromatic carbocycles. The normalized spacial score (nSPS) is 26.9. The molecule has 1 spiro atoms. The summed E-state index contributed by atoms with van der Waals surface area (Å²) in [5.74, 6) is 1.90. The number of aromatic nitrogens is 3. The molecule has 0 bridgehead atoms. The Balaban J connectivity index is 1.36. The molecule has 1 atom stereocenters. The van der Waals surface area contributed by atoms with E-state index in [0.29, 0.717) is 43.7 Å². The highest BCUT2D eigenvalue weighted by molar-refractivity contribution is 5.86. The molecule has 2 amide bonds. The molecule has 3 heterocycles. The molecule has 1 aromatic rings. The van der Waals surface area contributed by atoms with Gasteiger partial charge >= 0.3 is 0 Å². The summed E-state index contributed by atoms with van der Waals surface area (Å²) in [7, 11) is 0. The minimum atomic E-state index is -0.327. The molecular formula is C20H31N5O2. The summed E-state index contributed by atoms with van der Waals surface area (Å²) in [6, 6.07) is 0.433. The third kappa shape index (κ3) is 3.73. The van der Waals surface area contributed by atoms with Gasteiger partial charge in [-0.05, 0) is 39.0 Å². The number of aromatic amines is 1. The van der Waals surface area contributed by atoms with Crippen molar-refractivity contribution in [2.75, 3.05) is 19.6 Å². The van der Waals surface area contributed by atoms with Gasteiger partial charge in [0.05, 0.1) is 5.41 Å². The van der Waals surface area contributed by atoms with Crippen molar-refractivity contribution in [3.8, 4) is 0 Å². The predicted molar refractivity (Wildman–Crippen MR) is 101 cm³/mol. The van der Waals surface area contributed by atoms with Crippen molar-refractivity contribution in [3.63, 3.8) is 0 Å². The maximum absolute atomic E-state index is 13.4. The molecule has 2 aliphatic heterocycles. The van der Waals surface area contributed by atoms with Crippen LogP contribution >= 0.6 is 0 Å². The van der Waals surface area contributed by atoms with Crippen molar-refractivity contribution >= 4 is 11.8 Å². The first-order valence-electron chi connectivity index (χ1n) is 10.5. The van der Waals surface area contributed by atoms with Gasteiger partial charge in [0, 0.05) is 38.5 Å². The summed E-state index contributed by atoms with van der Waals surface area (Å²) >= 11 is 0. The predicted octanol–water partition coefficient (Wildman–Crippen LogP) is 2.22. The van der Waals surface area contributed by atoms with Crippen LogP contribution in [0.4, 0.5) is 0 Å². The smallest absolute Gasteiger partial charge is 0.230 e. The number of carbonyl (C=O) groups is 2. The van der Waals surface area contributed by atoms with Gasteiger partial charge in [0.15, 0.2) is 5.82 Å². The average Bonchev–Trinajstić information content (AvgIpc) is 3.30. The first-order chi connectivity index (χ1) is 13.1. The Labute approximate surface area is 160 Å². The van der Waals surface area contributed by atoms with Gasteiger partial charge in [0.25, 0.3) is 0 Å². The summed E-state index contributed by atoms with van der Waals surface area (Å²) in [4.78, 5) is 34.4. The minimum Gasteiger partial charge on any atom is -0.342 e. The second-order valence-corrected chi connectivity index (χ2v) is 8.58. The number of likely N-dealkylation sites (tertiary alicyclic amines) is 2. The van der Waals surface area contributed by atoms with Crippen LogP contribution in [0.15, 0.2) is 0 Å². The van der Waals surface area contributed by atoms with E-state index >= 15 is 0 Å². The number of hydrogen-bond acceptors (Lipinski definition) is 4. The number of nitrogens with zero attached hydrogens (tertiary/aromatic N) is 4. The highest BCUT2D eigenvalue weighted by Crippen LogP contribution is 2.42. The lowest BCUT2D eigenvalue weighted by atomic mass is 9.77. The molecule has 1 saturated carbocycles. The minimum absolute atomic E-state index is 0.122. The monoisotopic (exact) mass is 373 g/mol. The number of amides is 2. The number of carbonyl (C=O) groups excluding carboxylic acids is 2. The molecule has 7 heteroatoms. The summed E-state index contributed by atoms with van der Waals surface area (Å²) < 4.78 is 0. The number of nitrogens with one attached hydrogen (secondary N) is 1. The van der Waals surface area contributed by atoms with Crippen LogP contribution in [-0.4, -0.2) is 62.5 Å². The van der Waals surface area contributed by atoms with E-state index in [1.165, 1.54) is 19.3 Å². The van der Waals surface area contributed by atoms with Gasteiger partial charge in [-0.25, -0.2) is 4.98 Å². The van der Waals surface area contributed by atoms with Gasteiger partial charge < -0.3 is 9.80 Å². The van der Waals surface area contributed by atoms with E-state index in [-0.39, 0.29) is 11.3 Å². The fourth-order valence-electron chi connectivity index (χ4n) is 5.18. The van der Waals surface area contributed by atoms with Crippen LogP contribution in [0.5, 0.6) is 0 Å². The Bertz CT molecular complexity index is 696. The van der Waals surface area contributed by atoms with E-state index in [1.807, 2.05) is 11.8 Å². The van der Waals surface area contributed by atoms with E-state index in [0.717, 1.165) is 44.5 Å². The topological polar surface area (TPSA) is 82.2 Å². The van der Waals surface area contributed by atoms with Crippen LogP contribution in [0.25, 0.3) is 0 Å². The van der Waals surface area contributed by atoms with Crippen molar-refractivity contribution in [1.29, 1.82) is 0 Å². The molecule has 148 valence electrons. The van der Waals surface area contributed by atoms with E-state index in [1.54, 1.807) is 0 Å². The van der Waals surface area contributed by atoms with E-state index in [4.69, 9.17) is 0 Å². The number of piperidine rings is 1. The Hall–Kier alpha value is -1.92. The second kappa shape index (κ2) is 7.60. The number of aryl methyl sites for hydroxylation is 2. The maximum atomic E-state index is 13.4. The van der Waals surface area contributed by atoms with Gasteiger partial charge in [-0.2, -0.15) is 5.10 Å². The van der Waals surface area contributed by atoms with Crippen molar-refractivity contribution in [3.05, 3.63) is 11.6 Å². The zero-order valence-corrected chi connectivity index (χ0v) is 16.4. The summed E-state index contributed by atoms with van der Waals surface area (Å²) in [5, 5.41) is 6.92. The number of rotatable bonds is 4. The van der Waals surface area contributed by atoms with Gasteiger partial charge in [-0.3, -0.25) is 14.7 Å². The highest BCUT2D eigenvalue weighted by Gasteiger charge is 2.50. The fraction of sp³-hybridized carbons (Fsp3) is 0.800. The van der Waals surface area contributed by atoms with E-state index < -0.39 is 0 Å². The molecule has 4 rings (SSSR count). The van der Waals surface area contributed by atoms with Gasteiger partial charge in [0.1, 0.15) is 5.82 Å². The van der Waals surface area contributed by atoms with Crippen LogP contribution in [0.2, 0.25) is 0 Å². The first-order valence-corrected chi connectivity index (χ1v) is 10.5. The molecule has 3 fully saturated rings. The molecule has 1 N–H and O–H groups in total. The van der Waals surface area contributed by atoms with Crippen LogP contribution in [-0.2, 0) is 16.0 Å². The van der Waals surface area contributed by atoms with Crippen molar-refractivity contribution < 1.29 is 9.59 Å². The summed E-state index contributed by atoms with van der Waals surface area (Å²) in [6.45, 7) is 4.07. The molecule has 3 aliphatic rings. The summed E-state index contributed by atoms with van der Waals surface area (Å²) in [5.41, 5.74) is -0.327. The number of H-pyrrole nitrogens is 1. The Morgan fingerprint density at radius 3 is 2.74 bits per heavy atom. The Kier molecular flexibility index (Phi) is 5.19. The average molecular weight is 374 g/mol.